The summed E-state index contributed by atoms with van der Waals surface area (Å²) in [6.07, 6.45) is 2.02. The van der Waals surface area contributed by atoms with Crippen LogP contribution in [0.15, 0.2) is 6.33 Å². The Morgan fingerprint density at radius 1 is 1.41 bits per heavy atom. The van der Waals surface area contributed by atoms with Crippen LogP contribution in [0.2, 0.25) is 0 Å². The van der Waals surface area contributed by atoms with Gasteiger partial charge in [0.15, 0.2) is 0 Å². The standard InChI is InChI=1S/C15H29N5O2/c1-6-12-19-18-10-20(12)8-7-16-14(22)17-9-15(4,5)13(21)11(2)3/h10-11,13,21H,6-9H2,1-5H3,(H2,16,17,22). The van der Waals surface area contributed by atoms with Crippen LogP contribution in [-0.4, -0.2) is 45.1 Å². The number of aromatic nitrogens is 3. The summed E-state index contributed by atoms with van der Waals surface area (Å²) in [4.78, 5) is 11.8. The Morgan fingerprint density at radius 2 is 2.09 bits per heavy atom. The highest BCUT2D eigenvalue weighted by Crippen LogP contribution is 2.24. The molecule has 0 aliphatic heterocycles. The monoisotopic (exact) mass is 311 g/mol. The fraction of sp³-hybridized carbons (Fsp3) is 0.800. The molecular formula is C15H29N5O2. The van der Waals surface area contributed by atoms with E-state index in [2.05, 4.69) is 20.8 Å². The summed E-state index contributed by atoms with van der Waals surface area (Å²) in [7, 11) is 0. The first-order valence-electron chi connectivity index (χ1n) is 7.84. The van der Waals surface area contributed by atoms with Gasteiger partial charge in [0.1, 0.15) is 12.2 Å². The van der Waals surface area contributed by atoms with E-state index in [4.69, 9.17) is 0 Å². The van der Waals surface area contributed by atoms with Gasteiger partial charge in [-0.1, -0.05) is 34.6 Å². The zero-order chi connectivity index (χ0) is 16.8. The van der Waals surface area contributed by atoms with Crippen LogP contribution in [0, 0.1) is 11.3 Å². The number of carbonyl (C=O) groups is 1. The van der Waals surface area contributed by atoms with Gasteiger partial charge in [-0.2, -0.15) is 0 Å². The highest BCUT2D eigenvalue weighted by Gasteiger charge is 2.30. The average Bonchev–Trinajstić information content (AvgIpc) is 2.91. The SMILES string of the molecule is CCc1nncn1CCNC(=O)NCC(C)(C)C(O)C(C)C. The maximum atomic E-state index is 11.8. The van der Waals surface area contributed by atoms with Crippen LogP contribution in [0.4, 0.5) is 4.79 Å². The molecule has 0 fully saturated rings. The molecular weight excluding hydrogens is 282 g/mol. The molecule has 0 aliphatic rings. The molecule has 1 aromatic rings. The Balaban J connectivity index is 2.32. The van der Waals surface area contributed by atoms with Crippen molar-refractivity contribution < 1.29 is 9.90 Å². The van der Waals surface area contributed by atoms with E-state index in [1.165, 1.54) is 0 Å². The van der Waals surface area contributed by atoms with E-state index in [1.807, 2.05) is 39.2 Å². The van der Waals surface area contributed by atoms with Gasteiger partial charge in [0.2, 0.25) is 0 Å². The number of aryl methyl sites for hydroxylation is 1. The second-order valence-electron chi connectivity index (χ2n) is 6.58. The Morgan fingerprint density at radius 3 is 2.68 bits per heavy atom. The molecule has 126 valence electrons. The molecule has 2 amide bonds. The van der Waals surface area contributed by atoms with Gasteiger partial charge in [-0.05, 0) is 5.92 Å². The first-order valence-corrected chi connectivity index (χ1v) is 7.84. The molecule has 0 bridgehead atoms. The van der Waals surface area contributed by atoms with Gasteiger partial charge < -0.3 is 20.3 Å². The summed E-state index contributed by atoms with van der Waals surface area (Å²) in [5.74, 6) is 1.06. The van der Waals surface area contributed by atoms with Crippen molar-refractivity contribution in [3.8, 4) is 0 Å². The summed E-state index contributed by atoms with van der Waals surface area (Å²) in [6.45, 7) is 11.4. The third-order valence-electron chi connectivity index (χ3n) is 3.79. The Labute approximate surface area is 132 Å². The molecule has 0 saturated carbocycles. The lowest BCUT2D eigenvalue weighted by atomic mass is 9.81. The zero-order valence-electron chi connectivity index (χ0n) is 14.3. The van der Waals surface area contributed by atoms with Crippen LogP contribution >= 0.6 is 0 Å². The second-order valence-corrected chi connectivity index (χ2v) is 6.58. The zero-order valence-corrected chi connectivity index (χ0v) is 14.3. The first-order chi connectivity index (χ1) is 10.3. The maximum absolute atomic E-state index is 11.8. The number of aliphatic hydroxyl groups excluding tert-OH is 1. The second kappa shape index (κ2) is 8.12. The number of hydrogen-bond acceptors (Lipinski definition) is 4. The molecule has 0 aliphatic carbocycles. The van der Waals surface area contributed by atoms with Crippen LogP contribution in [-0.2, 0) is 13.0 Å². The maximum Gasteiger partial charge on any atom is 0.314 e. The van der Waals surface area contributed by atoms with Crippen molar-refractivity contribution >= 4 is 6.03 Å². The minimum atomic E-state index is -0.461. The number of rotatable bonds is 8. The number of nitrogens with one attached hydrogen (secondary N) is 2. The number of aliphatic hydroxyl groups is 1. The van der Waals surface area contributed by atoms with Crippen molar-refractivity contribution in [1.82, 2.24) is 25.4 Å². The lowest BCUT2D eigenvalue weighted by Crippen LogP contribution is -2.46. The molecule has 1 heterocycles. The summed E-state index contributed by atoms with van der Waals surface area (Å²) < 4.78 is 1.92. The molecule has 0 radical (unpaired) electrons. The van der Waals surface area contributed by atoms with Gasteiger partial charge in [0.25, 0.3) is 0 Å². The molecule has 3 N–H and O–H groups in total. The number of urea groups is 1. The highest BCUT2D eigenvalue weighted by molar-refractivity contribution is 5.73. The van der Waals surface area contributed by atoms with Crippen molar-refractivity contribution in [2.75, 3.05) is 13.1 Å². The molecule has 0 aromatic carbocycles. The topological polar surface area (TPSA) is 92.1 Å². The van der Waals surface area contributed by atoms with Gasteiger partial charge in [0.05, 0.1) is 6.10 Å². The quantitative estimate of drug-likeness (QED) is 0.672. The van der Waals surface area contributed by atoms with E-state index in [9.17, 15) is 9.90 Å². The molecule has 1 unspecified atom stereocenters. The third kappa shape index (κ3) is 5.29. The number of amides is 2. The van der Waals surface area contributed by atoms with Crippen LogP contribution in [0.5, 0.6) is 0 Å². The van der Waals surface area contributed by atoms with Crippen molar-refractivity contribution in [3.05, 3.63) is 12.2 Å². The van der Waals surface area contributed by atoms with Gasteiger partial charge in [0, 0.05) is 31.5 Å². The minimum absolute atomic E-state index is 0.154. The van der Waals surface area contributed by atoms with Crippen molar-refractivity contribution in [2.45, 2.75) is 53.7 Å². The normalized spacial score (nSPS) is 13.2. The van der Waals surface area contributed by atoms with Gasteiger partial charge in [-0.3, -0.25) is 0 Å². The number of hydrogen-bond donors (Lipinski definition) is 3. The number of nitrogens with zero attached hydrogens (tertiary/aromatic N) is 3. The van der Waals surface area contributed by atoms with E-state index in [0.29, 0.717) is 19.6 Å². The van der Waals surface area contributed by atoms with Gasteiger partial charge >= 0.3 is 6.03 Å². The third-order valence-corrected chi connectivity index (χ3v) is 3.79. The fourth-order valence-electron chi connectivity index (χ4n) is 2.41. The summed E-state index contributed by atoms with van der Waals surface area (Å²) >= 11 is 0. The van der Waals surface area contributed by atoms with Crippen LogP contribution < -0.4 is 10.6 Å². The lowest BCUT2D eigenvalue weighted by molar-refractivity contribution is 0.0151. The van der Waals surface area contributed by atoms with E-state index in [-0.39, 0.29) is 17.4 Å². The molecule has 1 aromatic heterocycles. The fourth-order valence-corrected chi connectivity index (χ4v) is 2.41. The first kappa shape index (κ1) is 18.4. The van der Waals surface area contributed by atoms with Crippen molar-refractivity contribution in [1.29, 1.82) is 0 Å². The Hall–Kier alpha value is -1.63. The Bertz CT molecular complexity index is 470. The highest BCUT2D eigenvalue weighted by atomic mass is 16.3. The van der Waals surface area contributed by atoms with Crippen LogP contribution in [0.3, 0.4) is 0 Å². The van der Waals surface area contributed by atoms with Crippen molar-refractivity contribution in [3.63, 3.8) is 0 Å². The predicted octanol–water partition coefficient (Wildman–Crippen LogP) is 1.18. The van der Waals surface area contributed by atoms with E-state index >= 15 is 0 Å². The summed E-state index contributed by atoms with van der Waals surface area (Å²) in [5.41, 5.74) is -0.366. The van der Waals surface area contributed by atoms with Crippen LogP contribution in [0.25, 0.3) is 0 Å². The molecule has 0 spiro atoms. The summed E-state index contributed by atoms with van der Waals surface area (Å²) in [5, 5.41) is 23.6. The molecule has 7 heteroatoms. The van der Waals surface area contributed by atoms with Crippen molar-refractivity contribution in [2.24, 2.45) is 11.3 Å². The van der Waals surface area contributed by atoms with Gasteiger partial charge in [-0.15, -0.1) is 10.2 Å². The predicted molar refractivity (Wildman–Crippen MR) is 85.4 cm³/mol. The molecule has 1 rings (SSSR count). The van der Waals surface area contributed by atoms with Crippen LogP contribution in [0.1, 0.15) is 40.4 Å². The molecule has 7 nitrogen and oxygen atoms in total. The summed E-state index contributed by atoms with van der Waals surface area (Å²) in [6, 6.07) is -0.227. The average molecular weight is 311 g/mol. The minimum Gasteiger partial charge on any atom is -0.392 e. The van der Waals surface area contributed by atoms with E-state index < -0.39 is 6.10 Å². The molecule has 22 heavy (non-hydrogen) atoms. The molecule has 0 saturated heterocycles. The van der Waals surface area contributed by atoms with E-state index in [0.717, 1.165) is 12.2 Å². The largest absolute Gasteiger partial charge is 0.392 e. The smallest absolute Gasteiger partial charge is 0.314 e. The van der Waals surface area contributed by atoms with Gasteiger partial charge in [-0.25, -0.2) is 4.79 Å². The number of carbonyl (C=O) groups excluding carboxylic acids is 1. The Kier molecular flexibility index (Phi) is 6.80. The molecule has 1 atom stereocenters. The lowest BCUT2D eigenvalue weighted by Gasteiger charge is -2.33. The van der Waals surface area contributed by atoms with E-state index in [1.54, 1.807) is 6.33 Å².